The van der Waals surface area contributed by atoms with Gasteiger partial charge in [0.1, 0.15) is 0 Å². The number of piperazine rings is 1. The molecule has 6 nitrogen and oxygen atoms in total. The topological polar surface area (TPSA) is 62.4 Å². The third kappa shape index (κ3) is 2.56. The number of nitrogens with one attached hydrogen (secondary N) is 1. The van der Waals surface area contributed by atoms with E-state index in [1.54, 1.807) is 0 Å². The minimum absolute atomic E-state index is 0.111. The Morgan fingerprint density at radius 1 is 1.50 bits per heavy atom. The smallest absolute Gasteiger partial charge is 0.0796 e. The maximum absolute atomic E-state index is 5.79. The number of aromatic nitrogens is 2. The van der Waals surface area contributed by atoms with Crippen LogP contribution in [-0.2, 0) is 6.54 Å². The van der Waals surface area contributed by atoms with Crippen LogP contribution in [0.25, 0.3) is 0 Å². The number of nitrogens with two attached hydrogens (primary N) is 1. The molecule has 1 aromatic heterocycles. The summed E-state index contributed by atoms with van der Waals surface area (Å²) in [7, 11) is 4.32. The number of rotatable bonds is 4. The van der Waals surface area contributed by atoms with E-state index in [0.717, 1.165) is 31.9 Å². The molecule has 2 atom stereocenters. The molecule has 102 valence electrons. The van der Waals surface area contributed by atoms with Crippen molar-refractivity contribution in [2.45, 2.75) is 25.6 Å². The van der Waals surface area contributed by atoms with Gasteiger partial charge in [0, 0.05) is 38.4 Å². The van der Waals surface area contributed by atoms with Gasteiger partial charge < -0.3 is 4.90 Å². The predicted molar refractivity (Wildman–Crippen MR) is 71.9 cm³/mol. The monoisotopic (exact) mass is 252 g/mol. The van der Waals surface area contributed by atoms with E-state index >= 15 is 0 Å². The molecule has 0 amide bonds. The number of likely N-dealkylation sites (N-methyl/N-ethyl adjacent to an activating group) is 2. The van der Waals surface area contributed by atoms with Crippen molar-refractivity contribution in [3.63, 3.8) is 0 Å². The Morgan fingerprint density at radius 3 is 2.94 bits per heavy atom. The van der Waals surface area contributed by atoms with E-state index in [-0.39, 0.29) is 6.04 Å². The molecule has 2 rings (SSSR count). The Labute approximate surface area is 109 Å². The number of hydrazine groups is 1. The quantitative estimate of drug-likeness (QED) is 0.567. The lowest BCUT2D eigenvalue weighted by molar-refractivity contribution is 0.0853. The summed E-state index contributed by atoms with van der Waals surface area (Å²) in [6.07, 6.45) is 1.84. The van der Waals surface area contributed by atoms with Crippen LogP contribution in [0.5, 0.6) is 0 Å². The minimum atomic E-state index is 0.111. The molecular weight excluding hydrogens is 228 g/mol. The van der Waals surface area contributed by atoms with Crippen molar-refractivity contribution in [1.82, 2.24) is 25.0 Å². The standard InChI is InChI=1S/C12H24N6/c1-4-18-10(5-6-14-18)12(15-13)11-9-16(2)7-8-17(11)3/h5-6,11-12,15H,4,7-9,13H2,1-3H3. The summed E-state index contributed by atoms with van der Waals surface area (Å²) in [6, 6.07) is 2.53. The van der Waals surface area contributed by atoms with Gasteiger partial charge in [0.25, 0.3) is 0 Å². The van der Waals surface area contributed by atoms with Crippen LogP contribution in [0.2, 0.25) is 0 Å². The number of aryl methyl sites for hydroxylation is 1. The molecule has 3 N–H and O–H groups in total. The van der Waals surface area contributed by atoms with Crippen LogP contribution in [0.4, 0.5) is 0 Å². The van der Waals surface area contributed by atoms with Crippen molar-refractivity contribution in [2.75, 3.05) is 33.7 Å². The van der Waals surface area contributed by atoms with Crippen LogP contribution in [0.3, 0.4) is 0 Å². The lowest BCUT2D eigenvalue weighted by atomic mass is 10.0. The Morgan fingerprint density at radius 2 is 2.28 bits per heavy atom. The fourth-order valence-corrected chi connectivity index (χ4v) is 2.67. The molecule has 0 aromatic carbocycles. The summed E-state index contributed by atoms with van der Waals surface area (Å²) in [5.74, 6) is 5.79. The Kier molecular flexibility index (Phi) is 4.34. The van der Waals surface area contributed by atoms with Gasteiger partial charge >= 0.3 is 0 Å². The molecule has 6 heteroatoms. The first-order valence-electron chi connectivity index (χ1n) is 6.54. The fraction of sp³-hybridized carbons (Fsp3) is 0.750. The van der Waals surface area contributed by atoms with Crippen molar-refractivity contribution >= 4 is 0 Å². The molecule has 1 saturated heterocycles. The first-order chi connectivity index (χ1) is 8.67. The van der Waals surface area contributed by atoms with Crippen LogP contribution in [0.15, 0.2) is 12.3 Å². The zero-order valence-electron chi connectivity index (χ0n) is 11.5. The van der Waals surface area contributed by atoms with Gasteiger partial charge in [0.05, 0.1) is 11.7 Å². The largest absolute Gasteiger partial charge is 0.303 e. The van der Waals surface area contributed by atoms with E-state index in [0.29, 0.717) is 6.04 Å². The lowest BCUT2D eigenvalue weighted by Gasteiger charge is -2.41. The van der Waals surface area contributed by atoms with Gasteiger partial charge in [0.2, 0.25) is 0 Å². The molecule has 1 aromatic rings. The Balaban J connectivity index is 2.22. The first kappa shape index (κ1) is 13.5. The molecule has 2 unspecified atom stereocenters. The molecule has 0 bridgehead atoms. The van der Waals surface area contributed by atoms with Crippen molar-refractivity contribution in [3.8, 4) is 0 Å². The molecule has 0 aliphatic carbocycles. The summed E-state index contributed by atoms with van der Waals surface area (Å²) < 4.78 is 2.01. The second-order valence-electron chi connectivity index (χ2n) is 5.03. The summed E-state index contributed by atoms with van der Waals surface area (Å²) >= 11 is 0. The maximum atomic E-state index is 5.79. The second kappa shape index (κ2) is 5.79. The van der Waals surface area contributed by atoms with Gasteiger partial charge in [-0.2, -0.15) is 5.10 Å². The van der Waals surface area contributed by atoms with E-state index < -0.39 is 0 Å². The number of hydrogen-bond acceptors (Lipinski definition) is 5. The zero-order valence-corrected chi connectivity index (χ0v) is 11.5. The van der Waals surface area contributed by atoms with Crippen LogP contribution < -0.4 is 11.3 Å². The SMILES string of the molecule is CCn1nccc1C(NN)C1CN(C)CCN1C. The Bertz CT molecular complexity index is 376. The molecular formula is C12H24N6. The Hall–Kier alpha value is -0.950. The fourth-order valence-electron chi connectivity index (χ4n) is 2.67. The van der Waals surface area contributed by atoms with Crippen molar-refractivity contribution in [2.24, 2.45) is 5.84 Å². The first-order valence-corrected chi connectivity index (χ1v) is 6.54. The number of hydrogen-bond donors (Lipinski definition) is 2. The summed E-state index contributed by atoms with van der Waals surface area (Å²) in [5.41, 5.74) is 4.13. The van der Waals surface area contributed by atoms with Crippen molar-refractivity contribution in [1.29, 1.82) is 0 Å². The third-order valence-electron chi connectivity index (χ3n) is 3.83. The highest BCUT2D eigenvalue weighted by atomic mass is 15.4. The van der Waals surface area contributed by atoms with Crippen LogP contribution in [-0.4, -0.2) is 59.4 Å². The molecule has 1 aliphatic heterocycles. The zero-order chi connectivity index (χ0) is 13.1. The predicted octanol–water partition coefficient (Wildman–Crippen LogP) is -0.347. The average Bonchev–Trinajstić information content (AvgIpc) is 2.83. The number of nitrogens with zero attached hydrogens (tertiary/aromatic N) is 4. The van der Waals surface area contributed by atoms with E-state index in [9.17, 15) is 0 Å². The van der Waals surface area contributed by atoms with Gasteiger partial charge in [-0.25, -0.2) is 5.43 Å². The molecule has 18 heavy (non-hydrogen) atoms. The van der Waals surface area contributed by atoms with Crippen LogP contribution in [0.1, 0.15) is 18.7 Å². The molecule has 1 fully saturated rings. The second-order valence-corrected chi connectivity index (χ2v) is 5.03. The highest BCUT2D eigenvalue weighted by Gasteiger charge is 2.31. The maximum Gasteiger partial charge on any atom is 0.0796 e. The summed E-state index contributed by atoms with van der Waals surface area (Å²) in [6.45, 7) is 6.16. The minimum Gasteiger partial charge on any atom is -0.303 e. The van der Waals surface area contributed by atoms with Gasteiger partial charge in [-0.05, 0) is 27.1 Å². The highest BCUT2D eigenvalue weighted by Crippen LogP contribution is 2.22. The highest BCUT2D eigenvalue weighted by molar-refractivity contribution is 5.11. The van der Waals surface area contributed by atoms with Crippen LogP contribution in [0, 0.1) is 0 Å². The molecule has 0 spiro atoms. The van der Waals surface area contributed by atoms with Crippen molar-refractivity contribution in [3.05, 3.63) is 18.0 Å². The lowest BCUT2D eigenvalue weighted by Crippen LogP contribution is -2.56. The van der Waals surface area contributed by atoms with Gasteiger partial charge in [0.15, 0.2) is 0 Å². The molecule has 2 heterocycles. The normalized spacial score (nSPS) is 24.3. The summed E-state index contributed by atoms with van der Waals surface area (Å²) in [4.78, 5) is 4.72. The van der Waals surface area contributed by atoms with Crippen molar-refractivity contribution < 1.29 is 0 Å². The van der Waals surface area contributed by atoms with Gasteiger partial charge in [-0.15, -0.1) is 0 Å². The van der Waals surface area contributed by atoms with Gasteiger partial charge in [-0.1, -0.05) is 0 Å². The van der Waals surface area contributed by atoms with Crippen LogP contribution >= 0.6 is 0 Å². The molecule has 0 radical (unpaired) electrons. The molecule has 1 aliphatic rings. The van der Waals surface area contributed by atoms with E-state index in [4.69, 9.17) is 5.84 Å². The third-order valence-corrected chi connectivity index (χ3v) is 3.83. The van der Waals surface area contributed by atoms with E-state index in [1.165, 1.54) is 0 Å². The van der Waals surface area contributed by atoms with E-state index in [1.807, 2.05) is 10.9 Å². The van der Waals surface area contributed by atoms with E-state index in [2.05, 4.69) is 47.4 Å². The summed E-state index contributed by atoms with van der Waals surface area (Å²) in [5, 5.41) is 4.33. The molecule has 0 saturated carbocycles. The average molecular weight is 252 g/mol. The van der Waals surface area contributed by atoms with Gasteiger partial charge in [-0.3, -0.25) is 15.4 Å².